The molecule has 1 rings (SSSR count). The van der Waals surface area contributed by atoms with Crippen LogP contribution < -0.4 is 16.8 Å². The van der Waals surface area contributed by atoms with Gasteiger partial charge in [0.2, 0.25) is 0 Å². The lowest BCUT2D eigenvalue weighted by atomic mass is 9.97. The number of carbonyl (C=O) groups is 1. The van der Waals surface area contributed by atoms with Crippen molar-refractivity contribution in [2.24, 2.45) is 0 Å². The average Bonchev–Trinajstić information content (AvgIpc) is 2.35. The summed E-state index contributed by atoms with van der Waals surface area (Å²) in [5.74, 6) is -0.298. The SMILES string of the molecule is CCC(O)(CC)CNC(=O)c1ccc(N)cc1N. The third kappa shape index (κ3) is 3.37. The van der Waals surface area contributed by atoms with Gasteiger partial charge >= 0.3 is 0 Å². The van der Waals surface area contributed by atoms with Crippen LogP contribution in [0.5, 0.6) is 0 Å². The van der Waals surface area contributed by atoms with Gasteiger partial charge in [-0.2, -0.15) is 0 Å². The molecule has 0 bridgehead atoms. The van der Waals surface area contributed by atoms with Crippen molar-refractivity contribution in [3.63, 3.8) is 0 Å². The Morgan fingerprint density at radius 3 is 2.44 bits per heavy atom. The molecular weight excluding hydrogens is 230 g/mol. The van der Waals surface area contributed by atoms with Gasteiger partial charge < -0.3 is 21.9 Å². The lowest BCUT2D eigenvalue weighted by Crippen LogP contribution is -2.42. The number of aliphatic hydroxyl groups is 1. The lowest BCUT2D eigenvalue weighted by molar-refractivity contribution is 0.0314. The highest BCUT2D eigenvalue weighted by Gasteiger charge is 2.23. The molecule has 6 N–H and O–H groups in total. The minimum Gasteiger partial charge on any atom is -0.399 e. The van der Waals surface area contributed by atoms with Crippen LogP contribution in [0.3, 0.4) is 0 Å². The van der Waals surface area contributed by atoms with E-state index >= 15 is 0 Å². The van der Waals surface area contributed by atoms with Crippen molar-refractivity contribution in [3.8, 4) is 0 Å². The summed E-state index contributed by atoms with van der Waals surface area (Å²) in [4.78, 5) is 11.9. The van der Waals surface area contributed by atoms with Crippen LogP contribution in [0, 0.1) is 0 Å². The molecular formula is C13H21N3O2. The number of nitrogens with one attached hydrogen (secondary N) is 1. The van der Waals surface area contributed by atoms with Crippen LogP contribution in [-0.4, -0.2) is 23.2 Å². The molecule has 0 aliphatic rings. The molecule has 0 saturated carbocycles. The van der Waals surface area contributed by atoms with E-state index in [4.69, 9.17) is 11.5 Å². The van der Waals surface area contributed by atoms with E-state index < -0.39 is 5.60 Å². The van der Waals surface area contributed by atoms with Crippen molar-refractivity contribution in [1.82, 2.24) is 5.32 Å². The molecule has 0 saturated heterocycles. The van der Waals surface area contributed by atoms with Crippen LogP contribution in [0.4, 0.5) is 11.4 Å². The summed E-state index contributed by atoms with van der Waals surface area (Å²) < 4.78 is 0. The van der Waals surface area contributed by atoms with Crippen molar-refractivity contribution in [2.75, 3.05) is 18.0 Å². The monoisotopic (exact) mass is 251 g/mol. The predicted molar refractivity (Wildman–Crippen MR) is 73.1 cm³/mol. The normalized spacial score (nSPS) is 11.3. The van der Waals surface area contributed by atoms with Crippen LogP contribution >= 0.6 is 0 Å². The van der Waals surface area contributed by atoms with E-state index in [0.717, 1.165) is 0 Å². The molecule has 5 heteroatoms. The average molecular weight is 251 g/mol. The van der Waals surface area contributed by atoms with Crippen molar-refractivity contribution in [1.29, 1.82) is 0 Å². The topological polar surface area (TPSA) is 101 Å². The van der Waals surface area contributed by atoms with E-state index in [2.05, 4.69) is 5.32 Å². The minimum absolute atomic E-state index is 0.211. The van der Waals surface area contributed by atoms with Crippen molar-refractivity contribution in [3.05, 3.63) is 23.8 Å². The summed E-state index contributed by atoms with van der Waals surface area (Å²) in [5, 5.41) is 12.8. The number of anilines is 2. The zero-order valence-electron chi connectivity index (χ0n) is 10.9. The number of amides is 1. The van der Waals surface area contributed by atoms with Gasteiger partial charge in [0.05, 0.1) is 11.2 Å². The third-order valence-electron chi connectivity index (χ3n) is 3.21. The number of hydrogen-bond acceptors (Lipinski definition) is 4. The van der Waals surface area contributed by atoms with Gasteiger partial charge in [0, 0.05) is 17.9 Å². The molecule has 1 amide bonds. The van der Waals surface area contributed by atoms with Crippen molar-refractivity contribution >= 4 is 17.3 Å². The molecule has 0 atom stereocenters. The van der Waals surface area contributed by atoms with E-state index in [9.17, 15) is 9.90 Å². The Balaban J connectivity index is 2.71. The first-order valence-corrected chi connectivity index (χ1v) is 6.07. The van der Waals surface area contributed by atoms with Gasteiger partial charge in [-0.3, -0.25) is 4.79 Å². The Bertz CT molecular complexity index is 428. The highest BCUT2D eigenvalue weighted by Crippen LogP contribution is 2.17. The first-order valence-electron chi connectivity index (χ1n) is 6.07. The van der Waals surface area contributed by atoms with E-state index in [1.807, 2.05) is 13.8 Å². The highest BCUT2D eigenvalue weighted by molar-refractivity contribution is 5.99. The fourth-order valence-electron chi connectivity index (χ4n) is 1.63. The minimum atomic E-state index is -0.863. The summed E-state index contributed by atoms with van der Waals surface area (Å²) in [7, 11) is 0. The molecule has 1 aromatic carbocycles. The summed E-state index contributed by atoms with van der Waals surface area (Å²) in [5.41, 5.74) is 11.6. The molecule has 0 heterocycles. The second-order valence-electron chi connectivity index (χ2n) is 4.46. The second-order valence-corrected chi connectivity index (χ2v) is 4.46. The maximum absolute atomic E-state index is 11.9. The Morgan fingerprint density at radius 2 is 1.94 bits per heavy atom. The summed E-state index contributed by atoms with van der Waals surface area (Å²) >= 11 is 0. The van der Waals surface area contributed by atoms with Gasteiger partial charge in [0.1, 0.15) is 0 Å². The number of carbonyl (C=O) groups excluding carboxylic acids is 1. The predicted octanol–water partition coefficient (Wildman–Crippen LogP) is 1.13. The Labute approximate surface area is 107 Å². The van der Waals surface area contributed by atoms with Gasteiger partial charge in [0.15, 0.2) is 0 Å². The maximum atomic E-state index is 11.9. The number of hydrogen-bond donors (Lipinski definition) is 4. The molecule has 0 aliphatic carbocycles. The van der Waals surface area contributed by atoms with E-state index in [0.29, 0.717) is 29.8 Å². The number of nitrogen functional groups attached to an aromatic ring is 2. The molecule has 100 valence electrons. The van der Waals surface area contributed by atoms with Gasteiger partial charge in [-0.1, -0.05) is 13.8 Å². The van der Waals surface area contributed by atoms with E-state index in [1.165, 1.54) is 0 Å². The van der Waals surface area contributed by atoms with Crippen molar-refractivity contribution in [2.45, 2.75) is 32.3 Å². The molecule has 0 aliphatic heterocycles. The van der Waals surface area contributed by atoms with Gasteiger partial charge in [0.25, 0.3) is 5.91 Å². The molecule has 1 aromatic rings. The fraction of sp³-hybridized carbons (Fsp3) is 0.462. The van der Waals surface area contributed by atoms with Gasteiger partial charge in [-0.25, -0.2) is 0 Å². The number of benzene rings is 1. The molecule has 5 nitrogen and oxygen atoms in total. The van der Waals surface area contributed by atoms with Gasteiger partial charge in [-0.15, -0.1) is 0 Å². The van der Waals surface area contributed by atoms with E-state index in [-0.39, 0.29) is 12.5 Å². The van der Waals surface area contributed by atoms with Crippen LogP contribution in [0.2, 0.25) is 0 Å². The molecule has 18 heavy (non-hydrogen) atoms. The number of nitrogens with two attached hydrogens (primary N) is 2. The van der Waals surface area contributed by atoms with Crippen LogP contribution in [0.15, 0.2) is 18.2 Å². The lowest BCUT2D eigenvalue weighted by Gasteiger charge is -2.25. The van der Waals surface area contributed by atoms with Crippen molar-refractivity contribution < 1.29 is 9.90 Å². The molecule has 0 spiro atoms. The van der Waals surface area contributed by atoms with E-state index in [1.54, 1.807) is 18.2 Å². The largest absolute Gasteiger partial charge is 0.399 e. The zero-order chi connectivity index (χ0) is 13.8. The second kappa shape index (κ2) is 5.73. The third-order valence-corrected chi connectivity index (χ3v) is 3.21. The smallest absolute Gasteiger partial charge is 0.253 e. The standard InChI is InChI=1S/C13H21N3O2/c1-3-13(18,4-2)8-16-12(17)10-6-5-9(14)7-11(10)15/h5-7,18H,3-4,8,14-15H2,1-2H3,(H,16,17). The molecule has 0 fully saturated rings. The van der Waals surface area contributed by atoms with Gasteiger partial charge in [-0.05, 0) is 31.0 Å². The summed E-state index contributed by atoms with van der Waals surface area (Å²) in [6, 6.07) is 4.74. The molecule has 0 aromatic heterocycles. The first kappa shape index (κ1) is 14.3. The Hall–Kier alpha value is -1.75. The Morgan fingerprint density at radius 1 is 1.33 bits per heavy atom. The van der Waals surface area contributed by atoms with Crippen LogP contribution in [0.1, 0.15) is 37.0 Å². The quantitative estimate of drug-likeness (QED) is 0.589. The number of rotatable bonds is 5. The molecule has 0 radical (unpaired) electrons. The Kier molecular flexibility index (Phi) is 4.55. The van der Waals surface area contributed by atoms with Crippen LogP contribution in [0.25, 0.3) is 0 Å². The highest BCUT2D eigenvalue weighted by atomic mass is 16.3. The maximum Gasteiger partial charge on any atom is 0.253 e. The summed E-state index contributed by atoms with van der Waals surface area (Å²) in [6.07, 6.45) is 1.17. The van der Waals surface area contributed by atoms with Crippen LogP contribution in [-0.2, 0) is 0 Å². The molecule has 0 unspecified atom stereocenters. The summed E-state index contributed by atoms with van der Waals surface area (Å²) in [6.45, 7) is 3.98. The zero-order valence-corrected chi connectivity index (χ0v) is 10.9. The first-order chi connectivity index (χ1) is 8.41. The fourth-order valence-corrected chi connectivity index (χ4v) is 1.63.